The van der Waals surface area contributed by atoms with Crippen molar-refractivity contribution >= 4 is 16.7 Å². The standard InChI is InChI=1S/C26H28O2/c1-3-5-15-26(16-14-25(27)28-4-2)23-13-9-8-12-21(23)22-17-19-10-6-7-11-20(19)18-24(22)26/h6-13,17-18H,3-5,14-16H2,1-2H3. The van der Waals surface area contributed by atoms with Crippen LogP contribution in [0.15, 0.2) is 60.7 Å². The summed E-state index contributed by atoms with van der Waals surface area (Å²) in [6.07, 6.45) is 4.60. The van der Waals surface area contributed by atoms with Crippen LogP contribution in [0, 0.1) is 0 Å². The van der Waals surface area contributed by atoms with Crippen LogP contribution in [-0.2, 0) is 14.9 Å². The number of hydrogen-bond donors (Lipinski definition) is 0. The second-order valence-electron chi connectivity index (χ2n) is 7.78. The molecule has 1 aliphatic rings. The van der Waals surface area contributed by atoms with Crippen LogP contribution in [0.5, 0.6) is 0 Å². The Labute approximate surface area is 167 Å². The van der Waals surface area contributed by atoms with Gasteiger partial charge in [0.2, 0.25) is 0 Å². The van der Waals surface area contributed by atoms with Crippen molar-refractivity contribution in [3.05, 3.63) is 71.8 Å². The second kappa shape index (κ2) is 7.79. The number of rotatable bonds is 7. The van der Waals surface area contributed by atoms with Gasteiger partial charge in [0.25, 0.3) is 0 Å². The molecule has 0 N–H and O–H groups in total. The molecule has 2 nitrogen and oxygen atoms in total. The smallest absolute Gasteiger partial charge is 0.305 e. The molecular formula is C26H28O2. The minimum absolute atomic E-state index is 0.0925. The van der Waals surface area contributed by atoms with Crippen LogP contribution in [0.2, 0.25) is 0 Å². The van der Waals surface area contributed by atoms with Gasteiger partial charge in [0.05, 0.1) is 6.61 Å². The van der Waals surface area contributed by atoms with Crippen LogP contribution >= 0.6 is 0 Å². The first-order valence-corrected chi connectivity index (χ1v) is 10.5. The monoisotopic (exact) mass is 372 g/mol. The molecule has 0 amide bonds. The number of carbonyl (C=O) groups excluding carboxylic acids is 1. The zero-order valence-corrected chi connectivity index (χ0v) is 16.8. The Morgan fingerprint density at radius 3 is 2.32 bits per heavy atom. The fourth-order valence-electron chi connectivity index (χ4n) is 4.83. The molecule has 0 radical (unpaired) electrons. The Morgan fingerprint density at radius 1 is 0.857 bits per heavy atom. The molecule has 4 rings (SSSR count). The van der Waals surface area contributed by atoms with E-state index in [0.717, 1.165) is 25.7 Å². The lowest BCUT2D eigenvalue weighted by Crippen LogP contribution is -2.27. The summed E-state index contributed by atoms with van der Waals surface area (Å²) >= 11 is 0. The van der Waals surface area contributed by atoms with E-state index in [2.05, 4.69) is 67.6 Å². The summed E-state index contributed by atoms with van der Waals surface area (Å²) in [5.41, 5.74) is 5.29. The van der Waals surface area contributed by atoms with Crippen LogP contribution in [0.3, 0.4) is 0 Å². The lowest BCUT2D eigenvalue weighted by Gasteiger charge is -2.32. The minimum Gasteiger partial charge on any atom is -0.466 e. The zero-order chi connectivity index (χ0) is 19.6. The summed E-state index contributed by atoms with van der Waals surface area (Å²) in [4.78, 5) is 12.2. The predicted molar refractivity (Wildman–Crippen MR) is 116 cm³/mol. The van der Waals surface area contributed by atoms with Crippen molar-refractivity contribution < 1.29 is 9.53 Å². The van der Waals surface area contributed by atoms with Gasteiger partial charge in [0.1, 0.15) is 0 Å². The Morgan fingerprint density at radius 2 is 1.57 bits per heavy atom. The lowest BCUT2D eigenvalue weighted by atomic mass is 9.71. The maximum atomic E-state index is 12.2. The maximum absolute atomic E-state index is 12.2. The van der Waals surface area contributed by atoms with Gasteiger partial charge in [0.15, 0.2) is 0 Å². The van der Waals surface area contributed by atoms with Gasteiger partial charge in [-0.1, -0.05) is 68.3 Å². The Balaban J connectivity index is 1.89. The van der Waals surface area contributed by atoms with Gasteiger partial charge in [-0.2, -0.15) is 0 Å². The van der Waals surface area contributed by atoms with Crippen molar-refractivity contribution in [1.82, 2.24) is 0 Å². The van der Waals surface area contributed by atoms with E-state index in [-0.39, 0.29) is 11.4 Å². The molecule has 0 spiro atoms. The third-order valence-electron chi connectivity index (χ3n) is 6.15. The highest BCUT2D eigenvalue weighted by Gasteiger charge is 2.42. The minimum atomic E-state index is -0.112. The van der Waals surface area contributed by atoms with E-state index < -0.39 is 0 Å². The Hall–Kier alpha value is -2.61. The predicted octanol–water partition coefficient (Wildman–Crippen LogP) is 6.64. The molecule has 3 aromatic carbocycles. The largest absolute Gasteiger partial charge is 0.466 e. The van der Waals surface area contributed by atoms with E-state index in [4.69, 9.17) is 4.74 Å². The lowest BCUT2D eigenvalue weighted by molar-refractivity contribution is -0.143. The second-order valence-corrected chi connectivity index (χ2v) is 7.78. The van der Waals surface area contributed by atoms with Gasteiger partial charge < -0.3 is 4.74 Å². The average Bonchev–Trinajstić information content (AvgIpc) is 2.99. The quantitative estimate of drug-likeness (QED) is 0.435. The van der Waals surface area contributed by atoms with Crippen LogP contribution in [0.4, 0.5) is 0 Å². The number of benzene rings is 3. The molecule has 2 heteroatoms. The van der Waals surface area contributed by atoms with Crippen LogP contribution in [0.1, 0.15) is 57.1 Å². The zero-order valence-electron chi connectivity index (χ0n) is 16.8. The van der Waals surface area contributed by atoms with E-state index in [0.29, 0.717) is 13.0 Å². The summed E-state index contributed by atoms with van der Waals surface area (Å²) in [6.45, 7) is 4.55. The summed E-state index contributed by atoms with van der Waals surface area (Å²) in [7, 11) is 0. The first-order valence-electron chi connectivity index (χ1n) is 10.5. The molecule has 0 bridgehead atoms. The fourth-order valence-corrected chi connectivity index (χ4v) is 4.83. The highest BCUT2D eigenvalue weighted by atomic mass is 16.5. The van der Waals surface area contributed by atoms with Crippen LogP contribution < -0.4 is 0 Å². The fraction of sp³-hybridized carbons (Fsp3) is 0.346. The first kappa shape index (κ1) is 18.7. The van der Waals surface area contributed by atoms with Gasteiger partial charge in [-0.25, -0.2) is 0 Å². The number of carbonyl (C=O) groups is 1. The van der Waals surface area contributed by atoms with Crippen molar-refractivity contribution in [2.45, 2.75) is 51.4 Å². The number of esters is 1. The third-order valence-corrected chi connectivity index (χ3v) is 6.15. The van der Waals surface area contributed by atoms with Crippen LogP contribution in [0.25, 0.3) is 21.9 Å². The van der Waals surface area contributed by atoms with E-state index >= 15 is 0 Å². The normalized spacial score (nSPS) is 17.4. The van der Waals surface area contributed by atoms with Crippen molar-refractivity contribution in [2.75, 3.05) is 6.61 Å². The summed E-state index contributed by atoms with van der Waals surface area (Å²) in [5, 5.41) is 2.54. The van der Waals surface area contributed by atoms with Gasteiger partial charge >= 0.3 is 5.97 Å². The Kier molecular flexibility index (Phi) is 5.21. The number of hydrogen-bond acceptors (Lipinski definition) is 2. The molecule has 0 fully saturated rings. The third kappa shape index (κ3) is 3.11. The van der Waals surface area contributed by atoms with Gasteiger partial charge in [0, 0.05) is 11.8 Å². The molecule has 0 saturated heterocycles. The SMILES string of the molecule is CCCCC1(CCC(=O)OCC)c2ccccc2-c2cc3ccccc3cc21. The summed E-state index contributed by atoms with van der Waals surface area (Å²) in [5.74, 6) is -0.0925. The maximum Gasteiger partial charge on any atom is 0.305 e. The molecule has 28 heavy (non-hydrogen) atoms. The molecule has 0 aromatic heterocycles. The van der Waals surface area contributed by atoms with Crippen molar-refractivity contribution in [3.8, 4) is 11.1 Å². The van der Waals surface area contributed by atoms with E-state index in [9.17, 15) is 4.79 Å². The van der Waals surface area contributed by atoms with E-state index in [1.165, 1.54) is 33.0 Å². The topological polar surface area (TPSA) is 26.3 Å². The van der Waals surface area contributed by atoms with Gasteiger partial charge in [-0.05, 0) is 64.9 Å². The van der Waals surface area contributed by atoms with E-state index in [1.54, 1.807) is 0 Å². The molecule has 0 aliphatic heterocycles. The highest BCUT2D eigenvalue weighted by molar-refractivity contribution is 5.93. The molecule has 0 heterocycles. The summed E-state index contributed by atoms with van der Waals surface area (Å²) in [6, 6.07) is 22.0. The van der Waals surface area contributed by atoms with E-state index in [1.807, 2.05) is 6.92 Å². The van der Waals surface area contributed by atoms with Crippen molar-refractivity contribution in [1.29, 1.82) is 0 Å². The molecule has 1 aliphatic carbocycles. The molecule has 3 aromatic rings. The van der Waals surface area contributed by atoms with Crippen molar-refractivity contribution in [3.63, 3.8) is 0 Å². The van der Waals surface area contributed by atoms with Gasteiger partial charge in [-0.15, -0.1) is 0 Å². The first-order chi connectivity index (χ1) is 13.7. The number of fused-ring (bicyclic) bond motifs is 4. The average molecular weight is 373 g/mol. The molecule has 1 unspecified atom stereocenters. The highest BCUT2D eigenvalue weighted by Crippen LogP contribution is 2.54. The van der Waals surface area contributed by atoms with Gasteiger partial charge in [-0.3, -0.25) is 4.79 Å². The Bertz CT molecular complexity index is 1000. The van der Waals surface area contributed by atoms with Crippen LogP contribution in [-0.4, -0.2) is 12.6 Å². The van der Waals surface area contributed by atoms with Crippen molar-refractivity contribution in [2.24, 2.45) is 0 Å². The molecule has 0 saturated carbocycles. The number of unbranched alkanes of at least 4 members (excludes halogenated alkanes) is 1. The number of ether oxygens (including phenoxy) is 1. The molecule has 144 valence electrons. The molecular weight excluding hydrogens is 344 g/mol. The molecule has 1 atom stereocenters. The summed E-state index contributed by atoms with van der Waals surface area (Å²) < 4.78 is 5.26.